The fourth-order valence-corrected chi connectivity index (χ4v) is 8.07. The quantitative estimate of drug-likeness (QED) is 0.151. The van der Waals surface area contributed by atoms with Crippen LogP contribution in [0.2, 0.25) is 0 Å². The van der Waals surface area contributed by atoms with Crippen molar-refractivity contribution in [2.75, 3.05) is 0 Å². The van der Waals surface area contributed by atoms with Crippen LogP contribution in [-0.2, 0) is 26.4 Å². The molecule has 1 aromatic carbocycles. The zero-order chi connectivity index (χ0) is 33.1. The lowest BCUT2D eigenvalue weighted by atomic mass is 9.76. The summed E-state index contributed by atoms with van der Waals surface area (Å²) in [7, 11) is 0. The molecule has 0 radical (unpaired) electrons. The van der Waals surface area contributed by atoms with Gasteiger partial charge in [-0.05, 0) is 93.7 Å². The Morgan fingerprint density at radius 1 is 1.14 bits per heavy atom. The van der Waals surface area contributed by atoms with Gasteiger partial charge in [-0.3, -0.25) is 4.79 Å². The van der Waals surface area contributed by atoms with Crippen LogP contribution in [0.1, 0.15) is 120 Å². The molecule has 2 fully saturated rings. The molecular formula is C35H56O8S. The van der Waals surface area contributed by atoms with E-state index in [2.05, 4.69) is 26.5 Å². The predicted molar refractivity (Wildman–Crippen MR) is 174 cm³/mol. The average Bonchev–Trinajstić information content (AvgIpc) is 3.34. The highest BCUT2D eigenvalue weighted by Crippen LogP contribution is 2.48. The molecule has 0 saturated carbocycles. The lowest BCUT2D eigenvalue weighted by molar-refractivity contribution is -0.229. The molecule has 250 valence electrons. The summed E-state index contributed by atoms with van der Waals surface area (Å²) < 4.78 is 13.3. The first kappa shape index (κ1) is 36.8. The van der Waals surface area contributed by atoms with Crippen molar-refractivity contribution in [1.29, 1.82) is 0 Å². The lowest BCUT2D eigenvalue weighted by Crippen LogP contribution is -2.55. The van der Waals surface area contributed by atoms with Crippen LogP contribution >= 0.6 is 12.6 Å². The van der Waals surface area contributed by atoms with Crippen molar-refractivity contribution < 1.29 is 39.5 Å². The Labute approximate surface area is 269 Å². The first-order valence-corrected chi connectivity index (χ1v) is 17.2. The molecule has 0 amide bonds. The van der Waals surface area contributed by atoms with Gasteiger partial charge in [-0.25, -0.2) is 4.79 Å². The number of carboxylic acid groups (broad SMARTS) is 1. The number of carboxylic acids is 1. The minimum atomic E-state index is -1.20. The zero-order valence-corrected chi connectivity index (χ0v) is 28.8. The molecule has 3 rings (SSSR count). The second-order valence-electron chi connectivity index (χ2n) is 13.7. The summed E-state index contributed by atoms with van der Waals surface area (Å²) in [6.45, 7) is 15.5. The molecular weight excluding hydrogens is 580 g/mol. The average molecular weight is 637 g/mol. The molecule has 1 aromatic rings. The molecule has 4 N–H and O–H groups in total. The number of benzene rings is 1. The Morgan fingerprint density at radius 2 is 1.80 bits per heavy atom. The van der Waals surface area contributed by atoms with Crippen LogP contribution in [-0.4, -0.2) is 67.8 Å². The number of hydrogen-bond donors (Lipinski definition) is 5. The standard InChI is InChI=1S/C35H56O8S/c1-9-26(32-20(5)17-35(11-3,43-32)27-14-15-34(41,10-2)23(8)42-27)30(37)22(7)29(36)19(4)12-13-24-16-25(18-44)21(6)31(38)28(24)33(39)40/h16,19-20,22-23,26-27,29,32,36,38,41,44H,9-15,17-18H2,1-8H3,(H,39,40)/t19-,20+,22+,23+,26+,27-,29+,32+,34-,35+/m1/s1. The Bertz CT molecular complexity index is 1170. The van der Waals surface area contributed by atoms with Crippen molar-refractivity contribution in [2.24, 2.45) is 23.7 Å². The largest absolute Gasteiger partial charge is 0.507 e. The summed E-state index contributed by atoms with van der Waals surface area (Å²) in [5, 5.41) is 42.6. The summed E-state index contributed by atoms with van der Waals surface area (Å²) in [5.41, 5.74) is 0.285. The maximum Gasteiger partial charge on any atom is 0.339 e. The predicted octanol–water partition coefficient (Wildman–Crippen LogP) is 6.27. The van der Waals surface area contributed by atoms with Gasteiger partial charge in [-0.15, -0.1) is 0 Å². The number of aryl methyl sites for hydroxylation is 1. The van der Waals surface area contributed by atoms with Crippen LogP contribution in [0.15, 0.2) is 6.07 Å². The Kier molecular flexibility index (Phi) is 12.4. The number of ketones is 1. The topological polar surface area (TPSA) is 134 Å². The summed E-state index contributed by atoms with van der Waals surface area (Å²) in [4.78, 5) is 25.9. The van der Waals surface area contributed by atoms with E-state index in [0.29, 0.717) is 55.4 Å². The summed E-state index contributed by atoms with van der Waals surface area (Å²) in [6, 6.07) is 1.77. The normalized spacial score (nSPS) is 31.8. The first-order valence-electron chi connectivity index (χ1n) is 16.6. The monoisotopic (exact) mass is 636 g/mol. The summed E-state index contributed by atoms with van der Waals surface area (Å²) in [6.07, 6.45) is 3.22. The number of carbonyl (C=O) groups excluding carboxylic acids is 1. The molecule has 10 atom stereocenters. The van der Waals surface area contributed by atoms with Gasteiger partial charge in [0.2, 0.25) is 0 Å². The smallest absolute Gasteiger partial charge is 0.339 e. The van der Waals surface area contributed by atoms with E-state index in [1.165, 1.54) is 0 Å². The minimum absolute atomic E-state index is 0.0227. The molecule has 2 aliphatic rings. The maximum atomic E-state index is 14.0. The van der Waals surface area contributed by atoms with Crippen molar-refractivity contribution >= 4 is 24.4 Å². The molecule has 2 saturated heterocycles. The van der Waals surface area contributed by atoms with E-state index in [4.69, 9.17) is 9.47 Å². The fourth-order valence-electron chi connectivity index (χ4n) is 7.75. The number of ether oxygens (including phenoxy) is 2. The number of aliphatic hydroxyl groups excluding tert-OH is 1. The van der Waals surface area contributed by atoms with Crippen molar-refractivity contribution in [3.8, 4) is 5.75 Å². The van der Waals surface area contributed by atoms with Gasteiger partial charge in [0.05, 0.1) is 35.6 Å². The number of rotatable bonds is 14. The number of thiol groups is 1. The number of aromatic hydroxyl groups is 1. The number of phenols is 1. The van der Waals surface area contributed by atoms with Crippen molar-refractivity contribution in [3.63, 3.8) is 0 Å². The van der Waals surface area contributed by atoms with Gasteiger partial charge in [0.25, 0.3) is 0 Å². The molecule has 0 aromatic heterocycles. The van der Waals surface area contributed by atoms with E-state index in [-0.39, 0.29) is 53.2 Å². The summed E-state index contributed by atoms with van der Waals surface area (Å²) in [5.74, 6) is -2.28. The van der Waals surface area contributed by atoms with E-state index >= 15 is 0 Å². The van der Waals surface area contributed by atoms with Crippen molar-refractivity contribution in [3.05, 3.63) is 28.3 Å². The van der Waals surface area contributed by atoms with Crippen LogP contribution in [0.5, 0.6) is 5.75 Å². The fraction of sp³-hybridized carbons (Fsp3) is 0.771. The van der Waals surface area contributed by atoms with Gasteiger partial charge in [0, 0.05) is 17.6 Å². The number of aromatic carboxylic acids is 1. The highest BCUT2D eigenvalue weighted by atomic mass is 32.1. The van der Waals surface area contributed by atoms with Crippen molar-refractivity contribution in [1.82, 2.24) is 0 Å². The van der Waals surface area contributed by atoms with Gasteiger partial charge in [-0.1, -0.05) is 47.6 Å². The molecule has 0 unspecified atom stereocenters. The molecule has 0 bridgehead atoms. The van der Waals surface area contributed by atoms with E-state index in [0.717, 1.165) is 18.4 Å². The van der Waals surface area contributed by atoms with Crippen LogP contribution < -0.4 is 0 Å². The zero-order valence-electron chi connectivity index (χ0n) is 27.9. The molecule has 0 spiro atoms. The molecule has 2 aliphatic heterocycles. The Hall–Kier alpha value is -1.65. The highest BCUT2D eigenvalue weighted by Gasteiger charge is 2.55. The van der Waals surface area contributed by atoms with E-state index < -0.39 is 29.2 Å². The second kappa shape index (κ2) is 14.8. The van der Waals surface area contributed by atoms with Crippen LogP contribution in [0.3, 0.4) is 0 Å². The van der Waals surface area contributed by atoms with E-state index in [1.807, 2.05) is 27.7 Å². The summed E-state index contributed by atoms with van der Waals surface area (Å²) >= 11 is 4.32. The Balaban J connectivity index is 1.72. The molecule has 44 heavy (non-hydrogen) atoms. The third-order valence-corrected chi connectivity index (χ3v) is 11.4. The minimum Gasteiger partial charge on any atom is -0.507 e. The third-order valence-electron chi connectivity index (χ3n) is 11.1. The number of carbonyl (C=O) groups is 2. The number of Topliss-reactive ketones (excluding diaryl/α,β-unsaturated/α-hetero) is 1. The van der Waals surface area contributed by atoms with Gasteiger partial charge in [0.15, 0.2) is 0 Å². The molecule has 2 heterocycles. The van der Waals surface area contributed by atoms with Crippen molar-refractivity contribution in [2.45, 2.75) is 148 Å². The maximum absolute atomic E-state index is 14.0. The van der Waals surface area contributed by atoms with E-state index in [9.17, 15) is 30.0 Å². The van der Waals surface area contributed by atoms with Crippen LogP contribution in [0.4, 0.5) is 0 Å². The van der Waals surface area contributed by atoms with Gasteiger partial charge < -0.3 is 29.9 Å². The van der Waals surface area contributed by atoms with E-state index in [1.54, 1.807) is 19.9 Å². The number of hydrogen-bond acceptors (Lipinski definition) is 8. The molecule has 8 nitrogen and oxygen atoms in total. The van der Waals surface area contributed by atoms with Gasteiger partial charge >= 0.3 is 5.97 Å². The van der Waals surface area contributed by atoms with Crippen LogP contribution in [0.25, 0.3) is 0 Å². The number of aliphatic hydroxyl groups is 2. The highest BCUT2D eigenvalue weighted by molar-refractivity contribution is 7.79. The molecule has 9 heteroatoms. The molecule has 0 aliphatic carbocycles. The Morgan fingerprint density at radius 3 is 2.32 bits per heavy atom. The van der Waals surface area contributed by atoms with Gasteiger partial charge in [0.1, 0.15) is 17.1 Å². The lowest BCUT2D eigenvalue weighted by Gasteiger charge is -2.47. The van der Waals surface area contributed by atoms with Gasteiger partial charge in [-0.2, -0.15) is 12.6 Å². The first-order chi connectivity index (χ1) is 20.6. The van der Waals surface area contributed by atoms with Crippen LogP contribution in [0, 0.1) is 30.6 Å². The third kappa shape index (κ3) is 7.17. The second-order valence-corrected chi connectivity index (χ2v) is 14.0. The SMILES string of the molecule is CC[C@@H](C(=O)[C@@H](C)[C@@H](O)[C@H](C)CCc1cc(CS)c(C)c(O)c1C(=O)O)[C@H]1O[C@](CC)([C@H]2CC[C@](O)(CC)[C@H](C)O2)C[C@@H]1C.